The largest absolute Gasteiger partial charge is 0.507 e. The Morgan fingerprint density at radius 2 is 1.82 bits per heavy atom. The maximum atomic E-state index is 10.2. The molecule has 1 aliphatic carbocycles. The Balaban J connectivity index is 1.74. The van der Waals surface area contributed by atoms with E-state index in [9.17, 15) is 5.11 Å². The van der Waals surface area contributed by atoms with Gasteiger partial charge in [-0.1, -0.05) is 55.5 Å². The van der Waals surface area contributed by atoms with E-state index in [-0.39, 0.29) is 0 Å². The van der Waals surface area contributed by atoms with Crippen LogP contribution in [0.3, 0.4) is 0 Å². The summed E-state index contributed by atoms with van der Waals surface area (Å²) in [6, 6.07) is 14.6. The molecule has 22 heavy (non-hydrogen) atoms. The van der Waals surface area contributed by atoms with Gasteiger partial charge in [-0.3, -0.25) is 4.90 Å². The normalized spacial score (nSPS) is 16.7. The average molecular weight is 293 g/mol. The van der Waals surface area contributed by atoms with E-state index in [4.69, 9.17) is 0 Å². The zero-order chi connectivity index (χ0) is 15.7. The van der Waals surface area contributed by atoms with Gasteiger partial charge in [0.05, 0.1) is 0 Å². The number of hydrogen-bond donors (Lipinski definition) is 1. The quantitative estimate of drug-likeness (QED) is 0.906. The third-order valence-corrected chi connectivity index (χ3v) is 4.45. The molecule has 0 radical (unpaired) electrons. The van der Waals surface area contributed by atoms with Crippen LogP contribution in [0.15, 0.2) is 48.5 Å². The number of para-hydroxylation sites is 1. The van der Waals surface area contributed by atoms with Gasteiger partial charge in [-0.05, 0) is 36.2 Å². The molecule has 1 unspecified atom stereocenters. The molecule has 1 atom stereocenters. The number of nitrogens with zero attached hydrogens (tertiary/aromatic N) is 1. The van der Waals surface area contributed by atoms with Crippen LogP contribution >= 0.6 is 0 Å². The SMILES string of the molecule is Cc1cccc(CN(C)CC2=CC(C)c3ccccc32)c1O. The Kier molecular flexibility index (Phi) is 4.04. The van der Waals surface area contributed by atoms with Gasteiger partial charge in [-0.25, -0.2) is 0 Å². The number of allylic oxidation sites excluding steroid dienone is 1. The van der Waals surface area contributed by atoms with Gasteiger partial charge in [0.25, 0.3) is 0 Å². The monoisotopic (exact) mass is 293 g/mol. The molecule has 2 nitrogen and oxygen atoms in total. The number of aryl methyl sites for hydroxylation is 1. The van der Waals surface area contributed by atoms with Gasteiger partial charge in [0.2, 0.25) is 0 Å². The molecule has 0 spiro atoms. The van der Waals surface area contributed by atoms with E-state index in [1.165, 1.54) is 16.7 Å². The first-order valence-corrected chi connectivity index (χ1v) is 7.82. The van der Waals surface area contributed by atoms with Gasteiger partial charge in [-0.15, -0.1) is 0 Å². The minimum atomic E-state index is 0.420. The van der Waals surface area contributed by atoms with Crippen LogP contribution in [0.25, 0.3) is 5.57 Å². The van der Waals surface area contributed by atoms with Crippen molar-refractivity contribution in [3.05, 3.63) is 70.8 Å². The predicted octanol–water partition coefficient (Wildman–Crippen LogP) is 4.33. The van der Waals surface area contributed by atoms with Crippen LogP contribution < -0.4 is 0 Å². The van der Waals surface area contributed by atoms with Gasteiger partial charge in [0, 0.05) is 24.6 Å². The van der Waals surface area contributed by atoms with Crippen molar-refractivity contribution < 1.29 is 5.11 Å². The number of hydrogen-bond acceptors (Lipinski definition) is 2. The van der Waals surface area contributed by atoms with Gasteiger partial charge in [0.1, 0.15) is 5.75 Å². The summed E-state index contributed by atoms with van der Waals surface area (Å²) in [5.74, 6) is 0.912. The van der Waals surface area contributed by atoms with Gasteiger partial charge in [0.15, 0.2) is 0 Å². The zero-order valence-corrected chi connectivity index (χ0v) is 13.5. The van der Waals surface area contributed by atoms with Crippen molar-refractivity contribution in [2.75, 3.05) is 13.6 Å². The minimum absolute atomic E-state index is 0.420. The van der Waals surface area contributed by atoms with Crippen molar-refractivity contribution in [3.8, 4) is 5.75 Å². The Morgan fingerprint density at radius 3 is 2.64 bits per heavy atom. The van der Waals surface area contributed by atoms with E-state index >= 15 is 0 Å². The van der Waals surface area contributed by atoms with Crippen molar-refractivity contribution in [1.29, 1.82) is 0 Å². The maximum absolute atomic E-state index is 10.2. The second-order valence-electron chi connectivity index (χ2n) is 6.32. The Morgan fingerprint density at radius 1 is 1.05 bits per heavy atom. The molecule has 0 saturated carbocycles. The summed E-state index contributed by atoms with van der Waals surface area (Å²) >= 11 is 0. The topological polar surface area (TPSA) is 23.5 Å². The summed E-state index contributed by atoms with van der Waals surface area (Å²) in [6.07, 6.45) is 2.36. The standard InChI is InChI=1S/C20H23NO/c1-14-7-6-8-16(20(14)22)12-21(3)13-17-11-15(2)18-9-4-5-10-19(17)18/h4-11,15,22H,12-13H2,1-3H3. The number of aromatic hydroxyl groups is 1. The lowest BCUT2D eigenvalue weighted by Crippen LogP contribution is -2.20. The number of fused-ring (bicyclic) bond motifs is 1. The van der Waals surface area contributed by atoms with Crippen molar-refractivity contribution in [3.63, 3.8) is 0 Å². The van der Waals surface area contributed by atoms with Crippen molar-refractivity contribution in [1.82, 2.24) is 4.90 Å². The zero-order valence-electron chi connectivity index (χ0n) is 13.5. The number of benzene rings is 2. The molecule has 2 aromatic rings. The van der Waals surface area contributed by atoms with Crippen LogP contribution in [0, 0.1) is 6.92 Å². The highest BCUT2D eigenvalue weighted by atomic mass is 16.3. The molecule has 0 heterocycles. The molecule has 3 rings (SSSR count). The number of likely N-dealkylation sites (N-methyl/N-ethyl adjacent to an activating group) is 1. The molecule has 0 fully saturated rings. The lowest BCUT2D eigenvalue weighted by atomic mass is 10.0. The minimum Gasteiger partial charge on any atom is -0.507 e. The predicted molar refractivity (Wildman–Crippen MR) is 92.0 cm³/mol. The summed E-state index contributed by atoms with van der Waals surface area (Å²) < 4.78 is 0. The highest BCUT2D eigenvalue weighted by Crippen LogP contribution is 2.35. The van der Waals surface area contributed by atoms with E-state index in [1.807, 2.05) is 25.1 Å². The fourth-order valence-corrected chi connectivity index (χ4v) is 3.29. The first kappa shape index (κ1) is 14.9. The third kappa shape index (κ3) is 2.79. The van der Waals surface area contributed by atoms with Crippen LogP contribution in [0.4, 0.5) is 0 Å². The molecule has 0 amide bonds. The van der Waals surface area contributed by atoms with E-state index in [0.29, 0.717) is 11.7 Å². The van der Waals surface area contributed by atoms with E-state index in [0.717, 1.165) is 24.2 Å². The second-order valence-corrected chi connectivity index (χ2v) is 6.32. The Labute approximate surface area is 132 Å². The molecule has 0 bridgehead atoms. The van der Waals surface area contributed by atoms with Crippen molar-refractivity contribution in [2.24, 2.45) is 0 Å². The van der Waals surface area contributed by atoms with Crippen LogP contribution in [0.5, 0.6) is 5.75 Å². The number of rotatable bonds is 4. The summed E-state index contributed by atoms with van der Waals surface area (Å²) in [6.45, 7) is 5.84. The van der Waals surface area contributed by atoms with Crippen LogP contribution in [-0.4, -0.2) is 23.6 Å². The summed E-state index contributed by atoms with van der Waals surface area (Å²) in [7, 11) is 2.11. The van der Waals surface area contributed by atoms with Gasteiger partial charge in [-0.2, -0.15) is 0 Å². The second kappa shape index (κ2) is 5.98. The maximum Gasteiger partial charge on any atom is 0.122 e. The van der Waals surface area contributed by atoms with Crippen molar-refractivity contribution in [2.45, 2.75) is 26.3 Å². The van der Waals surface area contributed by atoms with E-state index in [2.05, 4.69) is 49.2 Å². The van der Waals surface area contributed by atoms with Crippen LogP contribution in [0.2, 0.25) is 0 Å². The molecule has 2 aromatic carbocycles. The smallest absolute Gasteiger partial charge is 0.122 e. The summed E-state index contributed by atoms with van der Waals surface area (Å²) in [4.78, 5) is 2.26. The fraction of sp³-hybridized carbons (Fsp3) is 0.300. The molecule has 2 heteroatoms. The van der Waals surface area contributed by atoms with Gasteiger partial charge < -0.3 is 5.11 Å². The van der Waals surface area contributed by atoms with Crippen LogP contribution in [0.1, 0.15) is 35.1 Å². The summed E-state index contributed by atoms with van der Waals surface area (Å²) in [5, 5.41) is 10.2. The Bertz CT molecular complexity index is 717. The third-order valence-electron chi connectivity index (χ3n) is 4.45. The van der Waals surface area contributed by atoms with Crippen molar-refractivity contribution >= 4 is 5.57 Å². The average Bonchev–Trinajstić information content (AvgIpc) is 2.81. The fourth-order valence-electron chi connectivity index (χ4n) is 3.29. The summed E-state index contributed by atoms with van der Waals surface area (Å²) in [5.41, 5.74) is 6.10. The number of phenols is 1. The molecule has 0 aliphatic heterocycles. The van der Waals surface area contributed by atoms with Gasteiger partial charge >= 0.3 is 0 Å². The molecule has 1 aliphatic rings. The highest BCUT2D eigenvalue weighted by molar-refractivity contribution is 5.75. The highest BCUT2D eigenvalue weighted by Gasteiger charge is 2.20. The number of phenolic OH excluding ortho intramolecular Hbond substituents is 1. The molecule has 0 aromatic heterocycles. The van der Waals surface area contributed by atoms with Crippen LogP contribution in [-0.2, 0) is 6.54 Å². The lowest BCUT2D eigenvalue weighted by Gasteiger charge is -2.19. The first-order valence-electron chi connectivity index (χ1n) is 7.82. The molecule has 1 N–H and O–H groups in total. The van der Waals surface area contributed by atoms with E-state index in [1.54, 1.807) is 0 Å². The molecule has 0 saturated heterocycles. The molecular formula is C20H23NO. The first-order chi connectivity index (χ1) is 10.6. The van der Waals surface area contributed by atoms with E-state index < -0.39 is 0 Å². The lowest BCUT2D eigenvalue weighted by molar-refractivity contribution is 0.357. The molecular weight excluding hydrogens is 270 g/mol. The Hall–Kier alpha value is -2.06. The molecule has 114 valence electrons.